The molecule has 0 bridgehead atoms. The van der Waals surface area contributed by atoms with Gasteiger partial charge in [-0.15, -0.1) is 0 Å². The molecule has 0 atom stereocenters. The van der Waals surface area contributed by atoms with E-state index in [0.29, 0.717) is 12.2 Å². The van der Waals surface area contributed by atoms with E-state index in [1.54, 1.807) is 18.4 Å². The summed E-state index contributed by atoms with van der Waals surface area (Å²) >= 11 is 0. The largest absolute Gasteiger partial charge is 0.469 e. The van der Waals surface area contributed by atoms with E-state index in [0.717, 1.165) is 11.3 Å². The Hall–Kier alpha value is -2.28. The van der Waals surface area contributed by atoms with Crippen molar-refractivity contribution in [3.63, 3.8) is 0 Å². The second-order valence-corrected chi connectivity index (χ2v) is 4.10. The smallest absolute Gasteiger partial charge is 0.143 e. The molecule has 0 aliphatic carbocycles. The molecule has 0 aliphatic heterocycles. The molecule has 0 saturated carbocycles. The van der Waals surface area contributed by atoms with Crippen molar-refractivity contribution in [2.75, 3.05) is 11.9 Å². The van der Waals surface area contributed by atoms with Gasteiger partial charge in [0.05, 0.1) is 12.0 Å². The van der Waals surface area contributed by atoms with Gasteiger partial charge < -0.3 is 9.32 Å². The number of nitrogens with zero attached hydrogens (tertiary/aromatic N) is 2. The number of rotatable bonds is 3. The Kier molecular flexibility index (Phi) is 3.33. The van der Waals surface area contributed by atoms with Gasteiger partial charge in [-0.2, -0.15) is 5.26 Å². The number of aryl methyl sites for hydroxylation is 1. The second-order valence-electron chi connectivity index (χ2n) is 4.10. The quantitative estimate of drug-likeness (QED) is 0.832. The summed E-state index contributed by atoms with van der Waals surface area (Å²) in [6.07, 6.45) is 1.62. The van der Waals surface area contributed by atoms with E-state index in [2.05, 4.69) is 0 Å². The van der Waals surface area contributed by atoms with Gasteiger partial charge in [-0.3, -0.25) is 0 Å². The van der Waals surface area contributed by atoms with Crippen molar-refractivity contribution in [1.29, 1.82) is 5.26 Å². The van der Waals surface area contributed by atoms with Crippen LogP contribution in [-0.4, -0.2) is 7.05 Å². The summed E-state index contributed by atoms with van der Waals surface area (Å²) in [5.74, 6) is 0.336. The summed E-state index contributed by atoms with van der Waals surface area (Å²) < 4.78 is 18.7. The maximum atomic E-state index is 13.5. The van der Waals surface area contributed by atoms with Crippen molar-refractivity contribution in [2.24, 2.45) is 0 Å². The first-order valence-electron chi connectivity index (χ1n) is 5.56. The van der Waals surface area contributed by atoms with E-state index in [9.17, 15) is 4.39 Å². The first kappa shape index (κ1) is 12.2. The van der Waals surface area contributed by atoms with Crippen LogP contribution >= 0.6 is 0 Å². The Morgan fingerprint density at radius 2 is 2.17 bits per heavy atom. The van der Waals surface area contributed by atoms with Gasteiger partial charge in [-0.25, -0.2) is 4.39 Å². The molecule has 18 heavy (non-hydrogen) atoms. The highest BCUT2D eigenvalue weighted by atomic mass is 19.1. The topological polar surface area (TPSA) is 40.2 Å². The highest BCUT2D eigenvalue weighted by molar-refractivity contribution is 5.59. The van der Waals surface area contributed by atoms with Crippen LogP contribution in [-0.2, 0) is 6.54 Å². The molecule has 1 heterocycles. The maximum Gasteiger partial charge on any atom is 0.143 e. The Balaban J connectivity index is 2.30. The fraction of sp³-hybridized carbons (Fsp3) is 0.214. The zero-order chi connectivity index (χ0) is 13.1. The van der Waals surface area contributed by atoms with Gasteiger partial charge in [-0.05, 0) is 25.1 Å². The lowest BCUT2D eigenvalue weighted by molar-refractivity contribution is 0.529. The number of hydrogen-bond donors (Lipinski definition) is 0. The molecule has 92 valence electrons. The minimum atomic E-state index is -0.495. The molecule has 1 aromatic carbocycles. The van der Waals surface area contributed by atoms with Gasteiger partial charge in [0.15, 0.2) is 0 Å². The second kappa shape index (κ2) is 4.92. The Morgan fingerprint density at radius 3 is 2.78 bits per heavy atom. The van der Waals surface area contributed by atoms with Crippen molar-refractivity contribution in [2.45, 2.75) is 13.5 Å². The number of furan rings is 1. The van der Waals surface area contributed by atoms with E-state index in [1.165, 1.54) is 6.07 Å². The van der Waals surface area contributed by atoms with E-state index < -0.39 is 5.82 Å². The Bertz CT molecular complexity index is 598. The van der Waals surface area contributed by atoms with Crippen molar-refractivity contribution in [1.82, 2.24) is 0 Å². The molecule has 0 radical (unpaired) electrons. The number of benzene rings is 1. The molecular weight excluding hydrogens is 231 g/mol. The lowest BCUT2D eigenvalue weighted by atomic mass is 10.1. The number of nitriles is 1. The summed E-state index contributed by atoms with van der Waals surface area (Å²) in [6.45, 7) is 2.44. The third-order valence-electron chi connectivity index (χ3n) is 2.89. The molecule has 0 aliphatic rings. The van der Waals surface area contributed by atoms with Gasteiger partial charge in [0.2, 0.25) is 0 Å². The molecular formula is C14H13FN2O. The maximum absolute atomic E-state index is 13.5. The standard InChI is InChI=1S/C14H13FN2O/c1-10-11(6-7-18-10)9-17(2)14-5-3-4-13(15)12(14)8-16/h3-7H,9H2,1-2H3. The minimum absolute atomic E-state index is 0.0705. The molecule has 0 N–H and O–H groups in total. The molecule has 3 nitrogen and oxygen atoms in total. The summed E-state index contributed by atoms with van der Waals surface area (Å²) in [6, 6.07) is 8.40. The van der Waals surface area contributed by atoms with Crippen LogP contribution in [0, 0.1) is 24.1 Å². The van der Waals surface area contributed by atoms with Crippen molar-refractivity contribution < 1.29 is 8.81 Å². The zero-order valence-corrected chi connectivity index (χ0v) is 10.3. The van der Waals surface area contributed by atoms with Crippen LogP contribution in [0.15, 0.2) is 34.9 Å². The van der Waals surface area contributed by atoms with E-state index in [-0.39, 0.29) is 5.56 Å². The predicted octanol–water partition coefficient (Wildman–Crippen LogP) is 3.24. The molecule has 0 saturated heterocycles. The van der Waals surface area contributed by atoms with Crippen molar-refractivity contribution in [3.8, 4) is 6.07 Å². The third-order valence-corrected chi connectivity index (χ3v) is 2.89. The molecule has 0 spiro atoms. The fourth-order valence-electron chi connectivity index (χ4n) is 1.86. The monoisotopic (exact) mass is 244 g/mol. The molecule has 0 fully saturated rings. The van der Waals surface area contributed by atoms with Crippen LogP contribution in [0.25, 0.3) is 0 Å². The summed E-state index contributed by atoms with van der Waals surface area (Å²) in [4.78, 5) is 1.83. The van der Waals surface area contributed by atoms with Crippen LogP contribution in [0.3, 0.4) is 0 Å². The summed E-state index contributed by atoms with van der Waals surface area (Å²) in [5, 5.41) is 8.99. The van der Waals surface area contributed by atoms with Crippen molar-refractivity contribution >= 4 is 5.69 Å². The van der Waals surface area contributed by atoms with Crippen LogP contribution < -0.4 is 4.90 Å². The van der Waals surface area contributed by atoms with Crippen LogP contribution in [0.5, 0.6) is 0 Å². The van der Waals surface area contributed by atoms with Gasteiger partial charge in [0.25, 0.3) is 0 Å². The van der Waals surface area contributed by atoms with E-state index in [4.69, 9.17) is 9.68 Å². The minimum Gasteiger partial charge on any atom is -0.469 e. The lowest BCUT2D eigenvalue weighted by Crippen LogP contribution is -2.18. The molecule has 0 unspecified atom stereocenters. The van der Waals surface area contributed by atoms with E-state index >= 15 is 0 Å². The first-order valence-corrected chi connectivity index (χ1v) is 5.56. The first-order chi connectivity index (χ1) is 8.63. The predicted molar refractivity (Wildman–Crippen MR) is 66.7 cm³/mol. The van der Waals surface area contributed by atoms with Gasteiger partial charge >= 0.3 is 0 Å². The SMILES string of the molecule is Cc1occc1CN(C)c1cccc(F)c1C#N. The summed E-state index contributed by atoms with van der Waals surface area (Å²) in [5.41, 5.74) is 1.67. The molecule has 1 aromatic heterocycles. The third kappa shape index (κ3) is 2.21. The molecule has 0 amide bonds. The van der Waals surface area contributed by atoms with Crippen LogP contribution in [0.1, 0.15) is 16.9 Å². The average Bonchev–Trinajstić information content (AvgIpc) is 2.74. The van der Waals surface area contributed by atoms with Crippen LogP contribution in [0.2, 0.25) is 0 Å². The van der Waals surface area contributed by atoms with Gasteiger partial charge in [0, 0.05) is 19.2 Å². The van der Waals surface area contributed by atoms with Gasteiger partial charge in [-0.1, -0.05) is 6.07 Å². The zero-order valence-electron chi connectivity index (χ0n) is 10.3. The average molecular weight is 244 g/mol. The van der Waals surface area contributed by atoms with Crippen molar-refractivity contribution in [3.05, 3.63) is 53.2 Å². The Labute approximate surface area is 105 Å². The molecule has 4 heteroatoms. The fourth-order valence-corrected chi connectivity index (χ4v) is 1.86. The van der Waals surface area contributed by atoms with Gasteiger partial charge in [0.1, 0.15) is 23.2 Å². The number of anilines is 1. The van der Waals surface area contributed by atoms with Crippen LogP contribution in [0.4, 0.5) is 10.1 Å². The molecule has 2 rings (SSSR count). The highest BCUT2D eigenvalue weighted by Gasteiger charge is 2.13. The molecule has 2 aromatic rings. The Morgan fingerprint density at radius 1 is 1.39 bits per heavy atom. The number of halogens is 1. The normalized spacial score (nSPS) is 10.1. The van der Waals surface area contributed by atoms with E-state index in [1.807, 2.05) is 31.0 Å². The lowest BCUT2D eigenvalue weighted by Gasteiger charge is -2.20. The number of hydrogen-bond acceptors (Lipinski definition) is 3. The summed E-state index contributed by atoms with van der Waals surface area (Å²) in [7, 11) is 1.82. The highest BCUT2D eigenvalue weighted by Crippen LogP contribution is 2.23.